The molecule has 1 saturated carbocycles. The number of ether oxygens (including phenoxy) is 3. The van der Waals surface area contributed by atoms with E-state index in [0.717, 1.165) is 12.2 Å². The molecule has 0 unspecified atom stereocenters. The van der Waals surface area contributed by atoms with Gasteiger partial charge in [0.15, 0.2) is 11.5 Å². The average Bonchev–Trinajstić information content (AvgIpc) is 3.20. The minimum absolute atomic E-state index is 0.337. The van der Waals surface area contributed by atoms with Crippen LogP contribution in [0.2, 0.25) is 0 Å². The van der Waals surface area contributed by atoms with Gasteiger partial charge in [-0.1, -0.05) is 6.92 Å². The summed E-state index contributed by atoms with van der Waals surface area (Å²) in [6, 6.07) is 6.92. The van der Waals surface area contributed by atoms with Gasteiger partial charge in [-0.15, -0.1) is 0 Å². The quantitative estimate of drug-likeness (QED) is 0.607. The molecule has 7 nitrogen and oxygen atoms in total. The Labute approximate surface area is 151 Å². The van der Waals surface area contributed by atoms with Gasteiger partial charge in [0.25, 0.3) is 5.91 Å². The van der Waals surface area contributed by atoms with Crippen LogP contribution in [0.5, 0.6) is 17.2 Å². The maximum Gasteiger partial charge on any atom is 0.271 e. The molecule has 2 aromatic rings. The first-order chi connectivity index (χ1) is 12.6. The predicted octanol–water partition coefficient (Wildman–Crippen LogP) is 3.19. The zero-order valence-electron chi connectivity index (χ0n) is 15.2. The highest BCUT2D eigenvalue weighted by atomic mass is 16.5. The molecule has 0 saturated heterocycles. The van der Waals surface area contributed by atoms with Crippen LogP contribution in [0.1, 0.15) is 41.1 Å². The van der Waals surface area contributed by atoms with Crippen molar-refractivity contribution < 1.29 is 23.4 Å². The van der Waals surface area contributed by atoms with Crippen molar-refractivity contribution in [1.29, 1.82) is 0 Å². The molecule has 0 bridgehead atoms. The lowest BCUT2D eigenvalue weighted by Gasteiger charge is -2.13. The molecule has 1 aromatic carbocycles. The summed E-state index contributed by atoms with van der Waals surface area (Å²) in [4.78, 5) is 12.3. The van der Waals surface area contributed by atoms with Crippen molar-refractivity contribution in [2.75, 3.05) is 21.3 Å². The third kappa shape index (κ3) is 3.66. The Kier molecular flexibility index (Phi) is 5.16. The number of nitrogens with one attached hydrogen (secondary N) is 1. The average molecular weight is 358 g/mol. The van der Waals surface area contributed by atoms with E-state index in [2.05, 4.69) is 17.5 Å². The van der Waals surface area contributed by atoms with E-state index in [0.29, 0.717) is 40.4 Å². The number of furan rings is 1. The molecule has 1 aliphatic carbocycles. The fourth-order valence-electron chi connectivity index (χ4n) is 2.79. The Morgan fingerprint density at radius 2 is 1.85 bits per heavy atom. The van der Waals surface area contributed by atoms with E-state index in [4.69, 9.17) is 18.6 Å². The minimum atomic E-state index is -0.400. The van der Waals surface area contributed by atoms with Crippen LogP contribution in [0, 0.1) is 5.92 Å². The van der Waals surface area contributed by atoms with Crippen LogP contribution in [0.4, 0.5) is 0 Å². The molecule has 3 rings (SSSR count). The first-order valence-electron chi connectivity index (χ1n) is 8.30. The van der Waals surface area contributed by atoms with Crippen LogP contribution in [0.3, 0.4) is 0 Å². The number of carbonyl (C=O) groups is 1. The normalized spacial score (nSPS) is 18.6. The molecule has 26 heavy (non-hydrogen) atoms. The largest absolute Gasteiger partial charge is 0.493 e. The number of hydrazone groups is 1. The number of hydrogen-bond acceptors (Lipinski definition) is 6. The van der Waals surface area contributed by atoms with E-state index in [1.54, 1.807) is 12.1 Å². The second-order valence-corrected chi connectivity index (χ2v) is 6.17. The maximum atomic E-state index is 12.3. The molecule has 0 radical (unpaired) electrons. The van der Waals surface area contributed by atoms with Crippen LogP contribution in [-0.4, -0.2) is 33.5 Å². The van der Waals surface area contributed by atoms with Gasteiger partial charge in [0.2, 0.25) is 5.75 Å². The van der Waals surface area contributed by atoms with Gasteiger partial charge >= 0.3 is 0 Å². The Morgan fingerprint density at radius 3 is 2.38 bits per heavy atom. The van der Waals surface area contributed by atoms with Gasteiger partial charge < -0.3 is 18.6 Å². The van der Waals surface area contributed by atoms with E-state index in [-0.39, 0.29) is 0 Å². The standard InChI is InChI=1S/C19H22N2O5/c1-11-7-14(11)15-6-5-13(26-15)10-20-21-19(22)12-8-16(23-2)18(25-4)17(9-12)24-3/h5-6,8-11,14H,7H2,1-4H3,(H,21,22)/b20-10-/t11-,14-/m0/s1. The van der Waals surface area contributed by atoms with E-state index in [1.807, 2.05) is 12.1 Å². The summed E-state index contributed by atoms with van der Waals surface area (Å²) in [6.45, 7) is 2.19. The monoisotopic (exact) mass is 358 g/mol. The molecule has 138 valence electrons. The van der Waals surface area contributed by atoms with E-state index >= 15 is 0 Å². The summed E-state index contributed by atoms with van der Waals surface area (Å²) >= 11 is 0. The van der Waals surface area contributed by atoms with E-state index in [9.17, 15) is 4.79 Å². The second-order valence-electron chi connectivity index (χ2n) is 6.17. The number of hydrogen-bond donors (Lipinski definition) is 1. The predicted molar refractivity (Wildman–Crippen MR) is 96.4 cm³/mol. The number of carbonyl (C=O) groups excluding carboxylic acids is 1. The summed E-state index contributed by atoms with van der Waals surface area (Å²) in [5.41, 5.74) is 2.81. The van der Waals surface area contributed by atoms with Gasteiger partial charge in [-0.05, 0) is 36.6 Å². The highest BCUT2D eigenvalue weighted by molar-refractivity contribution is 5.96. The third-order valence-electron chi connectivity index (χ3n) is 4.41. The highest BCUT2D eigenvalue weighted by Gasteiger charge is 2.36. The zero-order valence-corrected chi connectivity index (χ0v) is 15.2. The van der Waals surface area contributed by atoms with Crippen molar-refractivity contribution in [2.45, 2.75) is 19.3 Å². The van der Waals surface area contributed by atoms with Crippen LogP contribution in [-0.2, 0) is 0 Å². The molecule has 0 spiro atoms. The lowest BCUT2D eigenvalue weighted by atomic mass is 10.1. The molecular weight excluding hydrogens is 336 g/mol. The number of rotatable bonds is 7. The summed E-state index contributed by atoms with van der Waals surface area (Å²) in [7, 11) is 4.49. The van der Waals surface area contributed by atoms with Crippen molar-refractivity contribution >= 4 is 12.1 Å². The number of benzene rings is 1. The summed E-state index contributed by atoms with van der Waals surface area (Å²) in [5, 5.41) is 3.95. The summed E-state index contributed by atoms with van der Waals surface area (Å²) in [6.07, 6.45) is 2.63. The highest BCUT2D eigenvalue weighted by Crippen LogP contribution is 2.47. The molecule has 1 N–H and O–H groups in total. The first-order valence-corrected chi connectivity index (χ1v) is 8.30. The SMILES string of the molecule is COc1cc(C(=O)N/N=C\c2ccc([C@H]3C[C@@H]3C)o2)cc(OC)c1OC. The van der Waals surface area contributed by atoms with Crippen molar-refractivity contribution in [1.82, 2.24) is 5.43 Å². The molecular formula is C19H22N2O5. The lowest BCUT2D eigenvalue weighted by Crippen LogP contribution is -2.18. The summed E-state index contributed by atoms with van der Waals surface area (Å²) in [5.74, 6) is 3.57. The van der Waals surface area contributed by atoms with Crippen molar-refractivity contribution in [2.24, 2.45) is 11.0 Å². The van der Waals surface area contributed by atoms with Gasteiger partial charge in [0.05, 0.1) is 27.5 Å². The maximum absolute atomic E-state index is 12.3. The third-order valence-corrected chi connectivity index (χ3v) is 4.41. The van der Waals surface area contributed by atoms with E-state index < -0.39 is 5.91 Å². The van der Waals surface area contributed by atoms with Crippen molar-refractivity contribution in [3.8, 4) is 17.2 Å². The van der Waals surface area contributed by atoms with Gasteiger partial charge in [-0.3, -0.25) is 4.79 Å². The van der Waals surface area contributed by atoms with Crippen molar-refractivity contribution in [3.05, 3.63) is 41.3 Å². The summed E-state index contributed by atoms with van der Waals surface area (Å²) < 4.78 is 21.4. The smallest absolute Gasteiger partial charge is 0.271 e. The Bertz CT molecular complexity index is 802. The topological polar surface area (TPSA) is 82.3 Å². The lowest BCUT2D eigenvalue weighted by molar-refractivity contribution is 0.0954. The number of methoxy groups -OCH3 is 3. The molecule has 0 aliphatic heterocycles. The molecule has 1 fully saturated rings. The van der Waals surface area contributed by atoms with Crippen molar-refractivity contribution in [3.63, 3.8) is 0 Å². The number of nitrogens with zero attached hydrogens (tertiary/aromatic N) is 1. The first kappa shape index (κ1) is 17.8. The minimum Gasteiger partial charge on any atom is -0.493 e. The fraction of sp³-hybridized carbons (Fsp3) is 0.368. The Morgan fingerprint density at radius 1 is 1.19 bits per heavy atom. The Hall–Kier alpha value is -2.96. The molecule has 1 aromatic heterocycles. The molecule has 2 atom stereocenters. The zero-order chi connectivity index (χ0) is 18.7. The number of amides is 1. The molecule has 1 heterocycles. The van der Waals surface area contributed by atoms with Crippen LogP contribution in [0.25, 0.3) is 0 Å². The molecule has 1 aliphatic rings. The van der Waals surface area contributed by atoms with Gasteiger partial charge in [-0.2, -0.15) is 5.10 Å². The second kappa shape index (κ2) is 7.51. The van der Waals surface area contributed by atoms with Crippen LogP contribution in [0.15, 0.2) is 33.8 Å². The fourth-order valence-corrected chi connectivity index (χ4v) is 2.79. The van der Waals surface area contributed by atoms with Crippen LogP contribution < -0.4 is 19.6 Å². The van der Waals surface area contributed by atoms with Gasteiger partial charge in [0.1, 0.15) is 11.5 Å². The molecule has 1 amide bonds. The van der Waals surface area contributed by atoms with E-state index in [1.165, 1.54) is 27.5 Å². The van der Waals surface area contributed by atoms with Crippen LogP contribution >= 0.6 is 0 Å². The Balaban J connectivity index is 1.68. The van der Waals surface area contributed by atoms with Gasteiger partial charge in [-0.25, -0.2) is 5.43 Å². The molecule has 7 heteroatoms. The van der Waals surface area contributed by atoms with Gasteiger partial charge in [0, 0.05) is 11.5 Å².